The monoisotopic (exact) mass is 496 g/mol. The van der Waals surface area contributed by atoms with Crippen molar-refractivity contribution in [1.82, 2.24) is 5.32 Å². The zero-order valence-electron chi connectivity index (χ0n) is 21.3. The summed E-state index contributed by atoms with van der Waals surface area (Å²) in [5.41, 5.74) is 0.990. The number of ether oxygens (including phenoxy) is 3. The van der Waals surface area contributed by atoms with Crippen LogP contribution in [0.2, 0.25) is 0 Å². The Bertz CT molecular complexity index is 687. The van der Waals surface area contributed by atoms with Crippen LogP contribution in [-0.4, -0.2) is 63.9 Å². The minimum Gasteiger partial charge on any atom is -0.495 e. The van der Waals surface area contributed by atoms with E-state index >= 15 is 0 Å². The van der Waals surface area contributed by atoms with Crippen molar-refractivity contribution in [2.45, 2.75) is 64.7 Å². The number of benzene rings is 1. The predicted molar refractivity (Wildman–Crippen MR) is 141 cm³/mol. The number of methoxy groups -OCH3 is 1. The van der Waals surface area contributed by atoms with Gasteiger partial charge in [-0.25, -0.2) is 0 Å². The molecule has 0 unspecified atom stereocenters. The fourth-order valence-corrected chi connectivity index (χ4v) is 3.72. The molecule has 7 nitrogen and oxygen atoms in total. The van der Waals surface area contributed by atoms with Crippen LogP contribution in [-0.2, 0) is 14.3 Å². The molecule has 2 N–H and O–H groups in total. The van der Waals surface area contributed by atoms with Gasteiger partial charge >= 0.3 is 0 Å². The number of hydrogen-bond acceptors (Lipinski definition) is 6. The van der Waals surface area contributed by atoms with Gasteiger partial charge in [0.2, 0.25) is 5.91 Å². The van der Waals surface area contributed by atoms with Gasteiger partial charge in [0.25, 0.3) is 5.91 Å². The average Bonchev–Trinajstić information content (AvgIpc) is 2.84. The van der Waals surface area contributed by atoms with E-state index in [1.807, 2.05) is 6.26 Å². The number of nitrogens with one attached hydrogen (secondary N) is 2. The lowest BCUT2D eigenvalue weighted by molar-refractivity contribution is -0.116. The highest BCUT2D eigenvalue weighted by atomic mass is 32.2. The van der Waals surface area contributed by atoms with Crippen LogP contribution in [0, 0.1) is 0 Å². The average molecular weight is 497 g/mol. The molecule has 2 amide bonds. The number of carbonyl (C=O) groups is 2. The van der Waals surface area contributed by atoms with E-state index in [1.165, 1.54) is 32.8 Å². The zero-order chi connectivity index (χ0) is 24.9. The molecule has 8 heteroatoms. The van der Waals surface area contributed by atoms with Crippen LogP contribution < -0.4 is 15.4 Å². The maximum Gasteiger partial charge on any atom is 0.251 e. The molecule has 1 aromatic rings. The molecule has 1 rings (SSSR count). The van der Waals surface area contributed by atoms with Gasteiger partial charge in [-0.15, -0.1) is 0 Å². The molecule has 194 valence electrons. The van der Waals surface area contributed by atoms with E-state index in [2.05, 4.69) is 17.6 Å². The number of carbonyl (C=O) groups excluding carboxylic acids is 2. The normalized spacial score (nSPS) is 10.8. The molecule has 0 aliphatic heterocycles. The summed E-state index contributed by atoms with van der Waals surface area (Å²) < 4.78 is 16.6. The van der Waals surface area contributed by atoms with Crippen LogP contribution >= 0.6 is 11.8 Å². The molecule has 0 aliphatic carbocycles. The Morgan fingerprint density at radius 2 is 1.62 bits per heavy atom. The quantitative estimate of drug-likeness (QED) is 0.225. The van der Waals surface area contributed by atoms with Crippen LogP contribution in [0.5, 0.6) is 5.75 Å². The summed E-state index contributed by atoms with van der Waals surface area (Å²) in [6, 6.07) is 5.05. The molecule has 0 aromatic heterocycles. The van der Waals surface area contributed by atoms with Crippen molar-refractivity contribution in [1.29, 1.82) is 0 Å². The van der Waals surface area contributed by atoms with Gasteiger partial charge in [-0.3, -0.25) is 9.59 Å². The highest BCUT2D eigenvalue weighted by Crippen LogP contribution is 2.25. The van der Waals surface area contributed by atoms with E-state index in [0.717, 1.165) is 38.2 Å². The van der Waals surface area contributed by atoms with Crippen LogP contribution in [0.25, 0.3) is 0 Å². The van der Waals surface area contributed by atoms with Crippen molar-refractivity contribution >= 4 is 29.3 Å². The first-order valence-corrected chi connectivity index (χ1v) is 13.9. The van der Waals surface area contributed by atoms with Crippen molar-refractivity contribution in [2.75, 3.05) is 57.4 Å². The summed E-state index contributed by atoms with van der Waals surface area (Å²) in [5, 5.41) is 5.75. The molecule has 0 aliphatic rings. The maximum atomic E-state index is 12.4. The lowest BCUT2D eigenvalue weighted by Gasteiger charge is -2.12. The van der Waals surface area contributed by atoms with E-state index in [-0.39, 0.29) is 11.8 Å². The van der Waals surface area contributed by atoms with Gasteiger partial charge in [0.15, 0.2) is 0 Å². The first kappa shape index (κ1) is 30.3. The molecule has 34 heavy (non-hydrogen) atoms. The first-order valence-electron chi connectivity index (χ1n) is 12.5. The third kappa shape index (κ3) is 14.5. The van der Waals surface area contributed by atoms with Gasteiger partial charge in [-0.05, 0) is 55.9 Å². The van der Waals surface area contributed by atoms with Crippen molar-refractivity contribution < 1.29 is 23.8 Å². The molecule has 0 fully saturated rings. The second-order valence-electron chi connectivity index (χ2n) is 8.16. The minimum absolute atomic E-state index is 0.133. The molecule has 0 bridgehead atoms. The summed E-state index contributed by atoms with van der Waals surface area (Å²) in [7, 11) is 1.54. The fraction of sp³-hybridized carbons (Fsp3) is 0.692. The predicted octanol–water partition coefficient (Wildman–Crippen LogP) is 5.29. The smallest absolute Gasteiger partial charge is 0.251 e. The second-order valence-corrected chi connectivity index (χ2v) is 9.15. The van der Waals surface area contributed by atoms with Gasteiger partial charge in [0.1, 0.15) is 5.75 Å². The number of thioether (sulfide) groups is 1. The lowest BCUT2D eigenvalue weighted by atomic mass is 10.1. The molecule has 0 saturated heterocycles. The summed E-state index contributed by atoms with van der Waals surface area (Å²) in [5.74, 6) is 1.23. The summed E-state index contributed by atoms with van der Waals surface area (Å²) in [6.07, 6.45) is 11.0. The molecule has 0 radical (unpaired) electrons. The van der Waals surface area contributed by atoms with Gasteiger partial charge in [0.05, 0.1) is 12.8 Å². The number of unbranched alkanes of at least 4 members (excludes halogenated alkanes) is 4. The summed E-state index contributed by atoms with van der Waals surface area (Å²) in [4.78, 5) is 24.7. The number of hydrogen-bond donors (Lipinski definition) is 2. The van der Waals surface area contributed by atoms with E-state index in [4.69, 9.17) is 14.2 Å². The fourth-order valence-electron chi connectivity index (χ4n) is 3.29. The minimum atomic E-state index is -0.159. The Kier molecular flexibility index (Phi) is 18.3. The van der Waals surface area contributed by atoms with Gasteiger partial charge < -0.3 is 24.8 Å². The van der Waals surface area contributed by atoms with Gasteiger partial charge in [0, 0.05) is 45.0 Å². The Balaban J connectivity index is 2.22. The number of rotatable bonds is 21. The first-order chi connectivity index (χ1) is 16.6. The van der Waals surface area contributed by atoms with Crippen molar-refractivity contribution in [3.63, 3.8) is 0 Å². The zero-order valence-corrected chi connectivity index (χ0v) is 22.1. The molecule has 0 saturated carbocycles. The van der Waals surface area contributed by atoms with E-state index < -0.39 is 0 Å². The summed E-state index contributed by atoms with van der Waals surface area (Å²) >= 11 is 1.75. The topological polar surface area (TPSA) is 85.9 Å². The van der Waals surface area contributed by atoms with Gasteiger partial charge in [-0.2, -0.15) is 11.8 Å². The van der Waals surface area contributed by atoms with Crippen molar-refractivity contribution in [3.05, 3.63) is 23.8 Å². The van der Waals surface area contributed by atoms with E-state index in [0.29, 0.717) is 49.6 Å². The third-order valence-electron chi connectivity index (χ3n) is 5.21. The molecular formula is C26H44N2O5S. The standard InChI is InChI=1S/C26H44N2O5S/c1-4-5-6-7-8-16-32-18-11-19-33-17-9-12-25(29)28-23-21-22(13-14-24(23)31-2)26(30)27-15-10-20-34-3/h13-14,21H,4-12,15-20H2,1-3H3,(H,27,30)(H,28,29). The Morgan fingerprint density at radius 1 is 0.912 bits per heavy atom. The number of amides is 2. The number of anilines is 1. The van der Waals surface area contributed by atoms with Crippen LogP contribution in [0.4, 0.5) is 5.69 Å². The Morgan fingerprint density at radius 3 is 2.32 bits per heavy atom. The van der Waals surface area contributed by atoms with E-state index in [1.54, 1.807) is 30.0 Å². The van der Waals surface area contributed by atoms with Crippen molar-refractivity contribution in [2.24, 2.45) is 0 Å². The van der Waals surface area contributed by atoms with Crippen molar-refractivity contribution in [3.8, 4) is 5.75 Å². The lowest BCUT2D eigenvalue weighted by Crippen LogP contribution is -2.25. The second kappa shape index (κ2) is 20.6. The summed E-state index contributed by atoms with van der Waals surface area (Å²) in [6.45, 7) is 5.55. The van der Waals surface area contributed by atoms with E-state index in [9.17, 15) is 9.59 Å². The Hall–Kier alpha value is -1.77. The molecular weight excluding hydrogens is 452 g/mol. The largest absolute Gasteiger partial charge is 0.495 e. The molecule has 0 heterocycles. The SMILES string of the molecule is CCCCCCCOCCCOCCCC(=O)Nc1cc(C(=O)NCCCSC)ccc1OC. The van der Waals surface area contributed by atoms with Gasteiger partial charge in [-0.1, -0.05) is 32.6 Å². The van der Waals surface area contributed by atoms with Crippen LogP contribution in [0.1, 0.15) is 75.1 Å². The molecule has 0 atom stereocenters. The highest BCUT2D eigenvalue weighted by molar-refractivity contribution is 7.98. The van der Waals surface area contributed by atoms with Crippen LogP contribution in [0.3, 0.4) is 0 Å². The Labute approximate surface area is 210 Å². The van der Waals surface area contributed by atoms with Crippen LogP contribution in [0.15, 0.2) is 18.2 Å². The maximum absolute atomic E-state index is 12.4. The molecule has 1 aromatic carbocycles. The third-order valence-corrected chi connectivity index (χ3v) is 5.91. The molecule has 0 spiro atoms. The highest BCUT2D eigenvalue weighted by Gasteiger charge is 2.12.